The van der Waals surface area contributed by atoms with E-state index in [9.17, 15) is 8.42 Å². The molecule has 0 aliphatic carbocycles. The molecule has 0 saturated heterocycles. The SMILES string of the molecule is COCCOCOc1c(C)c(C/C=C(\C)C(C/C=C(\C)CC/C=C(\C)CC/C=C(\C)CC/C=C(\C)CC/C=C(\C)CC/C=C(\C)CC/C=C(\C)CC/C=C(\C)CCC=C(C)C)S(=O)(=O)c2ccccc2)c(OCOCCOC)c(OC)c1OC. The van der Waals surface area contributed by atoms with Crippen molar-refractivity contribution >= 4 is 9.84 Å². The van der Waals surface area contributed by atoms with Crippen molar-refractivity contribution in [1.29, 1.82) is 0 Å². The summed E-state index contributed by atoms with van der Waals surface area (Å²) in [5.41, 5.74) is 15.0. The number of hydrogen-bond acceptors (Lipinski definition) is 10. The first-order valence-corrected chi connectivity index (χ1v) is 32.3. The van der Waals surface area contributed by atoms with Crippen LogP contribution in [0.25, 0.3) is 0 Å². The molecule has 0 fully saturated rings. The molecular formula is C73H112O10S. The molecule has 0 aliphatic heterocycles. The Hall–Kier alpha value is -5.17. The molecular weight excluding hydrogens is 1070 g/mol. The van der Waals surface area contributed by atoms with Crippen molar-refractivity contribution in [1.82, 2.24) is 0 Å². The minimum absolute atomic E-state index is 0.0549. The molecule has 0 aliphatic rings. The standard InChI is InChI=1S/C73H112O10S/c1-56(2)28-20-29-57(3)30-21-31-58(4)32-22-33-59(5)34-23-35-60(6)36-24-37-61(7)38-25-39-62(8)40-26-41-63(9)42-27-43-64(10)46-49-69(84(74,75)67-44-18-17-19-45-67)65(11)47-48-68-66(12)70(82-54-80-52-50-76-13)72(78-15)73(79-16)71(68)83-55-81-53-51-77-14/h17-19,28,30,32,34,36,38,40,42,44-47,69H,20-27,29,31,33,35,37,39,41,43,48-55H2,1-16H3/b57-30+,58-32+,59-34+,60-36+,61-38+,62-40+,63-42+,64-46+,65-47+. The molecule has 0 amide bonds. The van der Waals surface area contributed by atoms with Gasteiger partial charge in [-0.05, 0) is 211 Å². The molecule has 10 nitrogen and oxygen atoms in total. The molecule has 0 N–H and O–H groups in total. The fourth-order valence-corrected chi connectivity index (χ4v) is 11.4. The summed E-state index contributed by atoms with van der Waals surface area (Å²) in [5, 5.41) is -0.809. The fraction of sp³-hybridized carbons (Fsp3) is 0.562. The third-order valence-corrected chi connectivity index (χ3v) is 17.3. The van der Waals surface area contributed by atoms with Crippen LogP contribution in [0.15, 0.2) is 152 Å². The summed E-state index contributed by atoms with van der Waals surface area (Å²) in [4.78, 5) is 0.284. The zero-order chi connectivity index (χ0) is 62.1. The van der Waals surface area contributed by atoms with Gasteiger partial charge in [-0.1, -0.05) is 135 Å². The Labute approximate surface area is 511 Å². The maximum absolute atomic E-state index is 14.5. The van der Waals surface area contributed by atoms with Crippen LogP contribution in [0.3, 0.4) is 0 Å². The number of ether oxygens (including phenoxy) is 8. The molecule has 11 heteroatoms. The van der Waals surface area contributed by atoms with Crippen molar-refractivity contribution < 1.29 is 46.3 Å². The highest BCUT2D eigenvalue weighted by Gasteiger charge is 2.30. The van der Waals surface area contributed by atoms with Crippen LogP contribution in [-0.2, 0) is 35.2 Å². The van der Waals surface area contributed by atoms with Crippen LogP contribution in [0.4, 0.5) is 0 Å². The van der Waals surface area contributed by atoms with E-state index in [1.807, 2.05) is 26.0 Å². The molecule has 470 valence electrons. The molecule has 0 heterocycles. The summed E-state index contributed by atoms with van der Waals surface area (Å²) in [5.74, 6) is 1.48. The van der Waals surface area contributed by atoms with E-state index in [-0.39, 0.29) is 18.5 Å². The molecule has 1 unspecified atom stereocenters. The van der Waals surface area contributed by atoms with Crippen LogP contribution in [0.2, 0.25) is 0 Å². The molecule has 2 aromatic carbocycles. The third kappa shape index (κ3) is 31.3. The summed E-state index contributed by atoms with van der Waals surface area (Å²) >= 11 is 0. The first-order chi connectivity index (χ1) is 40.3. The molecule has 0 aromatic heterocycles. The van der Waals surface area contributed by atoms with E-state index < -0.39 is 15.1 Å². The van der Waals surface area contributed by atoms with Crippen LogP contribution in [0.5, 0.6) is 23.0 Å². The predicted octanol–water partition coefficient (Wildman–Crippen LogP) is 19.5. The molecule has 0 saturated carbocycles. The second kappa shape index (κ2) is 44.3. The zero-order valence-corrected chi connectivity index (χ0v) is 56.0. The van der Waals surface area contributed by atoms with Crippen LogP contribution in [0, 0.1) is 6.92 Å². The minimum atomic E-state index is -3.78. The highest BCUT2D eigenvalue weighted by Crippen LogP contribution is 2.50. The number of benzene rings is 2. The van der Waals surface area contributed by atoms with Gasteiger partial charge in [0.05, 0.1) is 50.8 Å². The van der Waals surface area contributed by atoms with Crippen molar-refractivity contribution in [2.45, 2.75) is 209 Å². The van der Waals surface area contributed by atoms with Crippen LogP contribution < -0.4 is 18.9 Å². The predicted molar refractivity (Wildman–Crippen MR) is 354 cm³/mol. The molecule has 0 bridgehead atoms. The lowest BCUT2D eigenvalue weighted by molar-refractivity contribution is -0.0124. The summed E-state index contributed by atoms with van der Waals surface area (Å²) in [7, 11) is 2.50. The van der Waals surface area contributed by atoms with Gasteiger partial charge in [-0.15, -0.1) is 0 Å². The van der Waals surface area contributed by atoms with Crippen molar-refractivity contribution in [3.63, 3.8) is 0 Å². The molecule has 2 aromatic rings. The van der Waals surface area contributed by atoms with Crippen LogP contribution in [-0.4, -0.2) is 82.1 Å². The van der Waals surface area contributed by atoms with Gasteiger partial charge in [0.2, 0.25) is 11.5 Å². The normalized spacial score (nSPS) is 14.1. The molecule has 0 spiro atoms. The van der Waals surface area contributed by atoms with Crippen LogP contribution in [0.1, 0.15) is 196 Å². The molecule has 2 rings (SSSR count). The lowest BCUT2D eigenvalue weighted by Crippen LogP contribution is -2.23. The van der Waals surface area contributed by atoms with Gasteiger partial charge in [-0.2, -0.15) is 0 Å². The van der Waals surface area contributed by atoms with Crippen molar-refractivity contribution in [2.75, 3.05) is 68.5 Å². The van der Waals surface area contributed by atoms with Crippen molar-refractivity contribution in [3.8, 4) is 23.0 Å². The van der Waals surface area contributed by atoms with E-state index in [1.165, 1.54) is 65.2 Å². The van der Waals surface area contributed by atoms with Crippen LogP contribution >= 0.6 is 0 Å². The molecule has 0 radical (unpaired) electrons. The number of rotatable bonds is 45. The summed E-state index contributed by atoms with van der Waals surface area (Å²) in [6.45, 7) is 27.5. The van der Waals surface area contributed by atoms with Gasteiger partial charge in [0.25, 0.3) is 0 Å². The maximum Gasteiger partial charge on any atom is 0.207 e. The number of sulfone groups is 1. The summed E-state index contributed by atoms with van der Waals surface area (Å²) < 4.78 is 74.7. The van der Waals surface area contributed by atoms with Gasteiger partial charge < -0.3 is 37.9 Å². The van der Waals surface area contributed by atoms with Gasteiger partial charge in [-0.25, -0.2) is 8.42 Å². The van der Waals surface area contributed by atoms with E-state index in [1.54, 1.807) is 38.5 Å². The number of hydrogen-bond donors (Lipinski definition) is 0. The topological polar surface area (TPSA) is 108 Å². The lowest BCUT2D eigenvalue weighted by Gasteiger charge is -2.23. The highest BCUT2D eigenvalue weighted by atomic mass is 32.2. The molecule has 84 heavy (non-hydrogen) atoms. The first kappa shape index (κ1) is 74.9. The van der Waals surface area contributed by atoms with E-state index in [2.05, 4.69) is 124 Å². The second-order valence-electron chi connectivity index (χ2n) is 22.9. The monoisotopic (exact) mass is 1180 g/mol. The average molecular weight is 1180 g/mol. The summed E-state index contributed by atoms with van der Waals surface area (Å²) in [6, 6.07) is 8.69. The van der Waals surface area contributed by atoms with E-state index in [4.69, 9.17) is 37.9 Å². The first-order valence-electron chi connectivity index (χ1n) is 30.8. The average Bonchev–Trinajstić information content (AvgIpc) is 3.64. The van der Waals surface area contributed by atoms with Crippen molar-refractivity contribution in [2.24, 2.45) is 0 Å². The van der Waals surface area contributed by atoms with Gasteiger partial charge >= 0.3 is 0 Å². The van der Waals surface area contributed by atoms with Gasteiger partial charge in [0, 0.05) is 25.3 Å². The van der Waals surface area contributed by atoms with Crippen molar-refractivity contribution in [3.05, 3.63) is 158 Å². The van der Waals surface area contributed by atoms with Gasteiger partial charge in [-0.3, -0.25) is 0 Å². The quantitative estimate of drug-likeness (QED) is 0.0361. The van der Waals surface area contributed by atoms with E-state index in [0.717, 1.165) is 113 Å². The Kier molecular flexibility index (Phi) is 39.5. The number of allylic oxidation sites excluding steroid dienone is 19. The van der Waals surface area contributed by atoms with Gasteiger partial charge in [0.15, 0.2) is 34.9 Å². The zero-order valence-electron chi connectivity index (χ0n) is 55.2. The molecule has 1 atom stereocenters. The Balaban J connectivity index is 2.00. The summed E-state index contributed by atoms with van der Waals surface area (Å²) in [6.07, 6.45) is 41.3. The van der Waals surface area contributed by atoms with E-state index >= 15 is 0 Å². The maximum atomic E-state index is 14.5. The Morgan fingerprint density at radius 3 is 1.13 bits per heavy atom. The Morgan fingerprint density at radius 1 is 0.429 bits per heavy atom. The largest absolute Gasteiger partial charge is 0.490 e. The smallest absolute Gasteiger partial charge is 0.207 e. The van der Waals surface area contributed by atoms with Gasteiger partial charge in [0.1, 0.15) is 0 Å². The second-order valence-corrected chi connectivity index (χ2v) is 25.0. The third-order valence-electron chi connectivity index (χ3n) is 15.1. The highest BCUT2D eigenvalue weighted by molar-refractivity contribution is 7.92. The Morgan fingerprint density at radius 2 is 0.774 bits per heavy atom. The minimum Gasteiger partial charge on any atom is -0.490 e. The number of methoxy groups -OCH3 is 4. The fourth-order valence-electron chi connectivity index (χ4n) is 9.63. The lowest BCUT2D eigenvalue weighted by atomic mass is 9.99. The Bertz CT molecular complexity index is 2650. The van der Waals surface area contributed by atoms with E-state index in [0.29, 0.717) is 67.8 Å².